The number of allylic oxidation sites excluding steroid dienone is 2. The fourth-order valence-corrected chi connectivity index (χ4v) is 6.30. The lowest BCUT2D eigenvalue weighted by Crippen LogP contribution is -2.45. The van der Waals surface area contributed by atoms with Crippen LogP contribution in [0.4, 0.5) is 4.39 Å². The second-order valence-electron chi connectivity index (χ2n) is 10.5. The van der Waals surface area contributed by atoms with Crippen molar-refractivity contribution in [1.82, 2.24) is 15.0 Å². The second-order valence-corrected chi connectivity index (χ2v) is 10.5. The molecule has 0 amide bonds. The lowest BCUT2D eigenvalue weighted by molar-refractivity contribution is 0.135. The third-order valence-corrected chi connectivity index (χ3v) is 8.29. The summed E-state index contributed by atoms with van der Waals surface area (Å²) in [5.41, 5.74) is 5.28. The average Bonchev–Trinajstić information content (AvgIpc) is 2.95. The van der Waals surface area contributed by atoms with Crippen LogP contribution in [0.1, 0.15) is 37.9 Å². The minimum Gasteiger partial charge on any atom is -0.523 e. The molecule has 0 unspecified atom stereocenters. The van der Waals surface area contributed by atoms with Gasteiger partial charge in [-0.25, -0.2) is 19.2 Å². The predicted molar refractivity (Wildman–Crippen MR) is 145 cm³/mol. The van der Waals surface area contributed by atoms with Gasteiger partial charge in [0.25, 0.3) is 0 Å². The number of aromatic nitrogens is 3. The summed E-state index contributed by atoms with van der Waals surface area (Å²) in [7, 11) is 0. The summed E-state index contributed by atoms with van der Waals surface area (Å²) < 4.78 is 15.1. The molecule has 4 aromatic rings. The minimum atomic E-state index is -0.492. The second kappa shape index (κ2) is 9.18. The van der Waals surface area contributed by atoms with Gasteiger partial charge in [-0.3, -0.25) is 4.98 Å². The molecule has 0 saturated carbocycles. The number of aliphatic hydroxyl groups excluding tert-OH is 1. The van der Waals surface area contributed by atoms with E-state index in [9.17, 15) is 5.11 Å². The van der Waals surface area contributed by atoms with Gasteiger partial charge >= 0.3 is 0 Å². The van der Waals surface area contributed by atoms with Crippen LogP contribution in [0, 0.1) is 24.2 Å². The average molecular weight is 503 g/mol. The first-order chi connectivity index (χ1) is 18.4. The van der Waals surface area contributed by atoms with Crippen molar-refractivity contribution in [2.24, 2.45) is 11.8 Å². The van der Waals surface area contributed by atoms with E-state index in [1.54, 1.807) is 18.3 Å². The molecule has 6 rings (SSSR count). The highest BCUT2D eigenvalue weighted by atomic mass is 19.1. The van der Waals surface area contributed by atoms with E-state index < -0.39 is 5.41 Å². The predicted octanol–water partition coefficient (Wildman–Crippen LogP) is 7.56. The molecular weight excluding hydrogens is 475 g/mol. The van der Waals surface area contributed by atoms with Gasteiger partial charge in [0.2, 0.25) is 5.70 Å². The third-order valence-electron chi connectivity index (χ3n) is 8.29. The van der Waals surface area contributed by atoms with Crippen LogP contribution in [-0.4, -0.2) is 20.1 Å². The van der Waals surface area contributed by atoms with Gasteiger partial charge < -0.3 is 5.11 Å². The van der Waals surface area contributed by atoms with E-state index in [0.29, 0.717) is 35.6 Å². The molecule has 0 saturated heterocycles. The maximum absolute atomic E-state index is 15.1. The minimum absolute atomic E-state index is 0.107. The van der Waals surface area contributed by atoms with Crippen molar-refractivity contribution in [3.05, 3.63) is 113 Å². The van der Waals surface area contributed by atoms with Gasteiger partial charge in [0, 0.05) is 39.8 Å². The van der Waals surface area contributed by atoms with Crippen molar-refractivity contribution in [3.8, 4) is 33.9 Å². The molecule has 2 aliphatic rings. The molecule has 2 aromatic carbocycles. The van der Waals surface area contributed by atoms with E-state index in [2.05, 4.69) is 16.8 Å². The quantitative estimate of drug-likeness (QED) is 0.294. The molecule has 2 aliphatic carbocycles. The summed E-state index contributed by atoms with van der Waals surface area (Å²) in [6, 6.07) is 20.5. The van der Waals surface area contributed by atoms with E-state index in [-0.39, 0.29) is 23.4 Å². The number of nitrogens with zero attached hydrogens (tertiary/aromatic N) is 4. The molecule has 0 fully saturated rings. The first-order valence-electron chi connectivity index (χ1n) is 12.9. The monoisotopic (exact) mass is 502 g/mol. The van der Waals surface area contributed by atoms with Gasteiger partial charge in [0.15, 0.2) is 5.82 Å². The highest BCUT2D eigenvalue weighted by Crippen LogP contribution is 2.54. The number of rotatable bonds is 3. The molecular formula is C32H27FN4O. The van der Waals surface area contributed by atoms with Crippen LogP contribution in [0.5, 0.6) is 0 Å². The normalized spacial score (nSPS) is 22.4. The number of hydrogen-bond donors (Lipinski definition) is 1. The molecule has 2 aromatic heterocycles. The van der Waals surface area contributed by atoms with Gasteiger partial charge in [-0.05, 0) is 49.4 Å². The van der Waals surface area contributed by atoms with Gasteiger partial charge in [-0.1, -0.05) is 56.3 Å². The summed E-state index contributed by atoms with van der Waals surface area (Å²) >= 11 is 0. The SMILES string of the molecule is [C-]#[N+]C1=C(O)[C@H](C)[C@H]2CCc3c(-c4ccccc4F)nc(-c4ccc(-c5ccccc5)nc4)nc3[C@]2(C)C1. The number of benzene rings is 2. The number of fused-ring (bicyclic) bond motifs is 3. The molecule has 0 radical (unpaired) electrons. The summed E-state index contributed by atoms with van der Waals surface area (Å²) in [4.78, 5) is 18.4. The molecule has 0 aliphatic heterocycles. The Kier molecular flexibility index (Phi) is 5.80. The van der Waals surface area contributed by atoms with Crippen LogP contribution in [0.2, 0.25) is 0 Å². The Bertz CT molecular complexity index is 1610. The fraction of sp³-hybridized carbons (Fsp3) is 0.250. The zero-order valence-electron chi connectivity index (χ0n) is 21.3. The van der Waals surface area contributed by atoms with Crippen molar-refractivity contribution < 1.29 is 9.50 Å². The first-order valence-corrected chi connectivity index (χ1v) is 12.9. The Morgan fingerprint density at radius 1 is 1.00 bits per heavy atom. The Morgan fingerprint density at radius 2 is 1.76 bits per heavy atom. The maximum Gasteiger partial charge on any atom is 0.203 e. The molecule has 5 nitrogen and oxygen atoms in total. The topological polar surface area (TPSA) is 63.3 Å². The molecule has 0 bridgehead atoms. The molecule has 0 spiro atoms. The Hall–Kier alpha value is -4.37. The van der Waals surface area contributed by atoms with Gasteiger partial charge in [-0.15, -0.1) is 0 Å². The van der Waals surface area contributed by atoms with Crippen LogP contribution < -0.4 is 0 Å². The van der Waals surface area contributed by atoms with Crippen LogP contribution >= 0.6 is 0 Å². The van der Waals surface area contributed by atoms with E-state index in [1.807, 2.05) is 55.5 Å². The van der Waals surface area contributed by atoms with Crippen molar-refractivity contribution in [2.45, 2.75) is 38.5 Å². The Balaban J connectivity index is 1.55. The highest BCUT2D eigenvalue weighted by molar-refractivity contribution is 5.70. The Labute approximate surface area is 221 Å². The van der Waals surface area contributed by atoms with Crippen molar-refractivity contribution >= 4 is 0 Å². The number of halogens is 1. The van der Waals surface area contributed by atoms with Gasteiger partial charge in [0.1, 0.15) is 5.82 Å². The highest BCUT2D eigenvalue weighted by Gasteiger charge is 2.50. The zero-order valence-corrected chi connectivity index (χ0v) is 21.3. The Morgan fingerprint density at radius 3 is 2.47 bits per heavy atom. The molecule has 2 heterocycles. The van der Waals surface area contributed by atoms with E-state index >= 15 is 4.39 Å². The smallest absolute Gasteiger partial charge is 0.203 e. The fourth-order valence-electron chi connectivity index (χ4n) is 6.30. The summed E-state index contributed by atoms with van der Waals surface area (Å²) in [5, 5.41) is 10.7. The van der Waals surface area contributed by atoms with Crippen LogP contribution in [0.25, 0.3) is 38.7 Å². The molecule has 38 heavy (non-hydrogen) atoms. The van der Waals surface area contributed by atoms with Crippen LogP contribution in [-0.2, 0) is 11.8 Å². The lowest BCUT2D eigenvalue weighted by Gasteiger charge is -2.48. The lowest BCUT2D eigenvalue weighted by atomic mass is 9.57. The summed E-state index contributed by atoms with van der Waals surface area (Å²) in [6.07, 6.45) is 3.63. The van der Waals surface area contributed by atoms with Crippen molar-refractivity contribution in [3.63, 3.8) is 0 Å². The maximum atomic E-state index is 15.1. The first kappa shape index (κ1) is 24.0. The van der Waals surface area contributed by atoms with Gasteiger partial charge in [-0.2, -0.15) is 0 Å². The van der Waals surface area contributed by atoms with E-state index in [4.69, 9.17) is 16.5 Å². The molecule has 6 heteroatoms. The van der Waals surface area contributed by atoms with E-state index in [1.165, 1.54) is 6.07 Å². The largest absolute Gasteiger partial charge is 0.523 e. The standard InChI is InChI=1S/C32H27FN4O/c1-19-24-15-14-23-28(22-11-7-8-12-25(22)33)36-31(37-30(23)32(24,2)17-27(34-3)29(19)38)21-13-16-26(35-18-21)20-9-5-4-6-10-20/h4-13,16,18-19,24,38H,14-15,17H2,1-2H3/t19-,24-,32-/m1/s1. The molecule has 3 atom stereocenters. The van der Waals surface area contributed by atoms with Crippen molar-refractivity contribution in [1.29, 1.82) is 0 Å². The summed E-state index contributed by atoms with van der Waals surface area (Å²) in [6.45, 7) is 11.8. The number of pyridine rings is 1. The number of aliphatic hydroxyl groups is 1. The van der Waals surface area contributed by atoms with Crippen molar-refractivity contribution in [2.75, 3.05) is 0 Å². The van der Waals surface area contributed by atoms with Gasteiger partial charge in [0.05, 0.1) is 29.4 Å². The molecule has 188 valence electrons. The number of hydrogen-bond acceptors (Lipinski definition) is 4. The molecule has 1 N–H and O–H groups in total. The van der Waals surface area contributed by atoms with Crippen LogP contribution in [0.3, 0.4) is 0 Å². The van der Waals surface area contributed by atoms with Crippen LogP contribution in [0.15, 0.2) is 84.4 Å². The van der Waals surface area contributed by atoms with E-state index in [0.717, 1.165) is 34.5 Å². The zero-order chi connectivity index (χ0) is 26.4. The summed E-state index contributed by atoms with van der Waals surface area (Å²) in [5.74, 6) is 0.283. The third kappa shape index (κ3) is 3.78.